The summed E-state index contributed by atoms with van der Waals surface area (Å²) >= 11 is 4.75. The smallest absolute Gasteiger partial charge is 0.407 e. The van der Waals surface area contributed by atoms with Gasteiger partial charge in [0.2, 0.25) is 0 Å². The molecule has 1 rings (SSSR count). The highest BCUT2D eigenvalue weighted by atomic mass is 79.9. The first-order valence-electron chi connectivity index (χ1n) is 7.65. The monoisotopic (exact) mass is 404 g/mol. The average molecular weight is 405 g/mol. The average Bonchev–Trinajstić information content (AvgIpc) is 2.88. The van der Waals surface area contributed by atoms with Gasteiger partial charge in [-0.05, 0) is 61.0 Å². The van der Waals surface area contributed by atoms with Crippen LogP contribution in [0, 0.1) is 0 Å². The van der Waals surface area contributed by atoms with Crippen molar-refractivity contribution in [3.8, 4) is 0 Å². The lowest BCUT2D eigenvalue weighted by Gasteiger charge is -2.33. The van der Waals surface area contributed by atoms with Crippen molar-refractivity contribution in [1.29, 1.82) is 0 Å². The Morgan fingerprint density at radius 1 is 1.26 bits per heavy atom. The van der Waals surface area contributed by atoms with Crippen molar-refractivity contribution in [3.63, 3.8) is 0 Å². The molecule has 1 heterocycles. The number of thiophene rings is 1. The Balaban J connectivity index is 2.73. The number of ether oxygens (including phenoxy) is 1. The lowest BCUT2D eigenvalue weighted by molar-refractivity contribution is 0.0502. The number of carbonyl (C=O) groups excluding carboxylic acids is 2. The molecule has 2 N–H and O–H groups in total. The molecule has 0 saturated heterocycles. The second-order valence-corrected chi connectivity index (χ2v) is 8.17. The van der Waals surface area contributed by atoms with Crippen LogP contribution in [-0.4, -0.2) is 29.7 Å². The maximum Gasteiger partial charge on any atom is 0.407 e. The van der Waals surface area contributed by atoms with Crippen molar-refractivity contribution in [1.82, 2.24) is 10.6 Å². The predicted molar refractivity (Wildman–Crippen MR) is 97.0 cm³/mol. The van der Waals surface area contributed by atoms with Gasteiger partial charge in [0.05, 0.1) is 5.54 Å². The van der Waals surface area contributed by atoms with Crippen LogP contribution in [0.3, 0.4) is 0 Å². The van der Waals surface area contributed by atoms with Crippen LogP contribution in [0.2, 0.25) is 0 Å². The number of rotatable bonds is 6. The Bertz CT molecular complexity index is 548. The second-order valence-electron chi connectivity index (χ2n) is 6.39. The summed E-state index contributed by atoms with van der Waals surface area (Å²) < 4.78 is 6.03. The van der Waals surface area contributed by atoms with Crippen LogP contribution < -0.4 is 10.6 Å². The fraction of sp³-hybridized carbons (Fsp3) is 0.625. The van der Waals surface area contributed by atoms with Gasteiger partial charge >= 0.3 is 6.09 Å². The number of hydrogen-bond acceptors (Lipinski definition) is 4. The third kappa shape index (κ3) is 6.14. The van der Waals surface area contributed by atoms with E-state index in [9.17, 15) is 9.59 Å². The van der Waals surface area contributed by atoms with Crippen LogP contribution in [0.25, 0.3) is 0 Å². The zero-order valence-corrected chi connectivity index (χ0v) is 16.7. The summed E-state index contributed by atoms with van der Waals surface area (Å²) in [5.41, 5.74) is -1.05. The van der Waals surface area contributed by atoms with Crippen LogP contribution in [0.4, 0.5) is 4.79 Å². The number of carbonyl (C=O) groups is 2. The molecule has 0 aliphatic heterocycles. The molecular weight excluding hydrogens is 380 g/mol. The molecule has 2 amide bonds. The normalized spacial score (nSPS) is 11.9. The zero-order chi connectivity index (χ0) is 17.7. The van der Waals surface area contributed by atoms with Gasteiger partial charge in [-0.2, -0.15) is 0 Å². The largest absolute Gasteiger partial charge is 0.444 e. The molecule has 0 radical (unpaired) electrons. The first-order valence-corrected chi connectivity index (χ1v) is 9.32. The first-order chi connectivity index (χ1) is 10.6. The fourth-order valence-electron chi connectivity index (χ4n) is 2.03. The molecular formula is C16H25BrN2O3S. The van der Waals surface area contributed by atoms with Crippen molar-refractivity contribution in [2.45, 2.75) is 58.6 Å². The molecule has 130 valence electrons. The van der Waals surface area contributed by atoms with Crippen LogP contribution in [0.1, 0.15) is 57.1 Å². The Kier molecular flexibility index (Phi) is 7.07. The molecule has 0 bridgehead atoms. The highest BCUT2D eigenvalue weighted by Crippen LogP contribution is 2.24. The van der Waals surface area contributed by atoms with E-state index in [0.717, 1.165) is 4.47 Å². The van der Waals surface area contributed by atoms with E-state index in [4.69, 9.17) is 4.74 Å². The summed E-state index contributed by atoms with van der Waals surface area (Å²) in [6.07, 6.45) is 0.928. The van der Waals surface area contributed by atoms with E-state index < -0.39 is 17.2 Å². The molecule has 0 atom stereocenters. The molecule has 1 aromatic rings. The van der Waals surface area contributed by atoms with E-state index in [1.807, 2.05) is 46.1 Å². The first kappa shape index (κ1) is 20.0. The summed E-state index contributed by atoms with van der Waals surface area (Å²) in [5, 5.41) is 7.68. The van der Waals surface area contributed by atoms with E-state index in [-0.39, 0.29) is 5.91 Å². The third-order valence-electron chi connectivity index (χ3n) is 3.53. The topological polar surface area (TPSA) is 67.4 Å². The highest BCUT2D eigenvalue weighted by Gasteiger charge is 2.30. The van der Waals surface area contributed by atoms with Gasteiger partial charge < -0.3 is 15.4 Å². The Morgan fingerprint density at radius 2 is 1.87 bits per heavy atom. The molecule has 1 aromatic heterocycles. The van der Waals surface area contributed by atoms with Crippen molar-refractivity contribution >= 4 is 39.3 Å². The molecule has 0 aliphatic carbocycles. The van der Waals surface area contributed by atoms with E-state index in [1.165, 1.54) is 11.3 Å². The van der Waals surface area contributed by atoms with E-state index >= 15 is 0 Å². The minimum absolute atomic E-state index is 0.137. The second kappa shape index (κ2) is 8.15. The Labute approximate surface area is 150 Å². The van der Waals surface area contributed by atoms with Crippen molar-refractivity contribution < 1.29 is 14.3 Å². The minimum Gasteiger partial charge on any atom is -0.444 e. The summed E-state index contributed by atoms with van der Waals surface area (Å²) in [7, 11) is 0. The summed E-state index contributed by atoms with van der Waals surface area (Å²) in [6, 6.07) is 1.85. The maximum absolute atomic E-state index is 12.5. The lowest BCUT2D eigenvalue weighted by atomic mass is 9.92. The molecule has 0 spiro atoms. The van der Waals surface area contributed by atoms with Crippen LogP contribution in [0.15, 0.2) is 15.9 Å². The lowest BCUT2D eigenvalue weighted by Crippen LogP contribution is -2.55. The summed E-state index contributed by atoms with van der Waals surface area (Å²) in [6.45, 7) is 9.75. The van der Waals surface area contributed by atoms with E-state index in [1.54, 1.807) is 0 Å². The van der Waals surface area contributed by atoms with Crippen LogP contribution in [0.5, 0.6) is 0 Å². The number of hydrogen-bond donors (Lipinski definition) is 2. The van der Waals surface area contributed by atoms with Crippen molar-refractivity contribution in [2.24, 2.45) is 0 Å². The number of nitrogens with one attached hydrogen (secondary N) is 2. The number of halogens is 1. The quantitative estimate of drug-likeness (QED) is 0.741. The van der Waals surface area contributed by atoms with Crippen molar-refractivity contribution in [2.75, 3.05) is 6.54 Å². The van der Waals surface area contributed by atoms with Crippen molar-refractivity contribution in [3.05, 3.63) is 20.8 Å². The van der Waals surface area contributed by atoms with Gasteiger partial charge in [-0.15, -0.1) is 11.3 Å². The maximum atomic E-state index is 12.5. The summed E-state index contributed by atoms with van der Waals surface area (Å²) in [4.78, 5) is 24.9. The molecule has 0 aromatic carbocycles. The van der Waals surface area contributed by atoms with Gasteiger partial charge in [0.15, 0.2) is 0 Å². The molecule has 7 heteroatoms. The molecule has 0 aliphatic rings. The zero-order valence-electron chi connectivity index (χ0n) is 14.3. The molecule has 0 unspecified atom stereocenters. The van der Waals surface area contributed by atoms with E-state index in [0.29, 0.717) is 24.3 Å². The van der Waals surface area contributed by atoms with Gasteiger partial charge in [0.1, 0.15) is 10.5 Å². The predicted octanol–water partition coefficient (Wildman–Crippen LogP) is 4.32. The molecule has 23 heavy (non-hydrogen) atoms. The van der Waals surface area contributed by atoms with Crippen LogP contribution >= 0.6 is 27.3 Å². The molecule has 0 fully saturated rings. The highest BCUT2D eigenvalue weighted by molar-refractivity contribution is 9.10. The molecule has 0 saturated carbocycles. The Hall–Kier alpha value is -1.08. The molecule has 5 nitrogen and oxygen atoms in total. The van der Waals surface area contributed by atoms with Gasteiger partial charge in [0, 0.05) is 11.0 Å². The standard InChI is InChI=1S/C16H25BrN2O3S/c1-6-16(7-2,10-18-14(21)22-15(3,4)5)19-13(20)12-11(17)8-9-23-12/h8-9H,6-7,10H2,1-5H3,(H,18,21)(H,19,20). The number of alkyl carbamates (subject to hydrolysis) is 1. The van der Waals surface area contributed by atoms with Gasteiger partial charge in [-0.25, -0.2) is 4.79 Å². The Morgan fingerprint density at radius 3 is 2.30 bits per heavy atom. The fourth-order valence-corrected chi connectivity index (χ4v) is 3.48. The minimum atomic E-state index is -0.545. The number of amides is 2. The third-order valence-corrected chi connectivity index (χ3v) is 5.36. The SMILES string of the molecule is CCC(CC)(CNC(=O)OC(C)(C)C)NC(=O)c1sccc1Br. The summed E-state index contributed by atoms with van der Waals surface area (Å²) in [5.74, 6) is -0.137. The van der Waals surface area contributed by atoms with Gasteiger partial charge in [0.25, 0.3) is 5.91 Å². The van der Waals surface area contributed by atoms with Crippen LogP contribution in [-0.2, 0) is 4.74 Å². The van der Waals surface area contributed by atoms with Gasteiger partial charge in [-0.1, -0.05) is 13.8 Å². The van der Waals surface area contributed by atoms with E-state index in [2.05, 4.69) is 26.6 Å². The van der Waals surface area contributed by atoms with Gasteiger partial charge in [-0.3, -0.25) is 4.79 Å².